The topological polar surface area (TPSA) is 70.3 Å². The highest BCUT2D eigenvalue weighted by molar-refractivity contribution is 5.52. The van der Waals surface area contributed by atoms with Gasteiger partial charge in [0.05, 0.1) is 0 Å². The quantitative estimate of drug-likeness (QED) is 0.594. The maximum absolute atomic E-state index is 15.5. The number of aryl methyl sites for hydroxylation is 1. The number of likely N-dealkylation sites (tertiary alicyclic amines) is 1. The second-order valence-electron chi connectivity index (χ2n) is 9.72. The van der Waals surface area contributed by atoms with E-state index in [2.05, 4.69) is 46.1 Å². The molecule has 3 N–H and O–H groups in total. The maximum atomic E-state index is 15.5. The van der Waals surface area contributed by atoms with E-state index in [1.165, 1.54) is 11.9 Å². The number of nitrogens with two attached hydrogens (primary N) is 1. The Morgan fingerprint density at radius 2 is 2.00 bits per heavy atom. The zero-order valence-electron chi connectivity index (χ0n) is 19.5. The summed E-state index contributed by atoms with van der Waals surface area (Å²) in [6.45, 7) is 9.75. The van der Waals surface area contributed by atoms with Crippen LogP contribution in [0, 0.1) is 18.7 Å². The number of nitrogens with one attached hydrogen (secondary N) is 1. The van der Waals surface area contributed by atoms with E-state index in [9.17, 15) is 0 Å². The Morgan fingerprint density at radius 3 is 2.64 bits per heavy atom. The van der Waals surface area contributed by atoms with Gasteiger partial charge in [-0.2, -0.15) is 4.39 Å². The van der Waals surface area contributed by atoms with Crippen molar-refractivity contribution < 1.29 is 8.78 Å². The van der Waals surface area contributed by atoms with Crippen LogP contribution in [0.15, 0.2) is 42.9 Å². The highest BCUT2D eigenvalue weighted by Gasteiger charge is 2.40. The average Bonchev–Trinajstić information content (AvgIpc) is 3.58. The van der Waals surface area contributed by atoms with Crippen molar-refractivity contribution >= 4 is 11.6 Å². The molecule has 0 amide bonds. The predicted octanol–water partition coefficient (Wildman–Crippen LogP) is 4.03. The second kappa shape index (κ2) is 9.63. The van der Waals surface area contributed by atoms with Gasteiger partial charge >= 0.3 is 0 Å². The minimum atomic E-state index is -1.42. The van der Waals surface area contributed by atoms with Gasteiger partial charge in [-0.25, -0.2) is 14.4 Å². The third-order valence-corrected chi connectivity index (χ3v) is 6.62. The summed E-state index contributed by atoms with van der Waals surface area (Å²) in [5.74, 6) is -0.309. The number of aromatic nitrogens is 2. The van der Waals surface area contributed by atoms with Crippen LogP contribution in [0.25, 0.3) is 0 Å². The molecule has 2 fully saturated rings. The molecule has 4 rings (SSSR count). The van der Waals surface area contributed by atoms with E-state index in [1.54, 1.807) is 6.92 Å². The van der Waals surface area contributed by atoms with Gasteiger partial charge in [0.15, 0.2) is 11.6 Å². The first-order valence-electron chi connectivity index (χ1n) is 11.6. The molecule has 2 aromatic rings. The van der Waals surface area contributed by atoms with Gasteiger partial charge in [-0.3, -0.25) is 4.90 Å². The SMILES string of the molecule is C=C(N)CN1CCC(CNc2ncnc(N(Cc3ccc(C)cc3)C3CC3)c2F)C(C)(F)C1. The zero-order valence-corrected chi connectivity index (χ0v) is 19.5. The third-order valence-electron chi connectivity index (χ3n) is 6.62. The molecule has 2 unspecified atom stereocenters. The summed E-state index contributed by atoms with van der Waals surface area (Å²) < 4.78 is 30.8. The number of hydrogen-bond donors (Lipinski definition) is 2. The van der Waals surface area contributed by atoms with Crippen molar-refractivity contribution in [2.45, 2.75) is 51.4 Å². The highest BCUT2D eigenvalue weighted by atomic mass is 19.1. The molecule has 1 aromatic heterocycles. The van der Waals surface area contributed by atoms with Gasteiger partial charge in [0.25, 0.3) is 0 Å². The lowest BCUT2D eigenvalue weighted by Crippen LogP contribution is -2.52. The van der Waals surface area contributed by atoms with E-state index in [-0.39, 0.29) is 24.3 Å². The summed E-state index contributed by atoms with van der Waals surface area (Å²) in [6.07, 6.45) is 4.07. The van der Waals surface area contributed by atoms with Crippen LogP contribution in [0.3, 0.4) is 0 Å². The molecule has 1 saturated heterocycles. The van der Waals surface area contributed by atoms with Crippen LogP contribution in [0.2, 0.25) is 0 Å². The second-order valence-corrected chi connectivity index (χ2v) is 9.72. The molecule has 0 spiro atoms. The molecule has 178 valence electrons. The number of halogens is 2. The van der Waals surface area contributed by atoms with Crippen molar-refractivity contribution in [3.63, 3.8) is 0 Å². The van der Waals surface area contributed by atoms with Crippen LogP contribution in [-0.4, -0.2) is 52.8 Å². The van der Waals surface area contributed by atoms with Crippen LogP contribution in [0.1, 0.15) is 37.3 Å². The van der Waals surface area contributed by atoms with Crippen LogP contribution in [0.4, 0.5) is 20.4 Å². The van der Waals surface area contributed by atoms with Crippen molar-refractivity contribution in [3.8, 4) is 0 Å². The van der Waals surface area contributed by atoms with E-state index in [0.717, 1.165) is 24.9 Å². The number of anilines is 2. The molecule has 6 nitrogen and oxygen atoms in total. The molecule has 0 bridgehead atoms. The number of piperidine rings is 1. The number of benzene rings is 1. The molecular weight excluding hydrogens is 422 g/mol. The fourth-order valence-corrected chi connectivity index (χ4v) is 4.58. The van der Waals surface area contributed by atoms with E-state index < -0.39 is 11.5 Å². The summed E-state index contributed by atoms with van der Waals surface area (Å²) >= 11 is 0. The van der Waals surface area contributed by atoms with Crippen molar-refractivity contribution in [1.29, 1.82) is 0 Å². The van der Waals surface area contributed by atoms with E-state index in [0.29, 0.717) is 37.6 Å². The zero-order chi connectivity index (χ0) is 23.6. The third kappa shape index (κ3) is 5.79. The van der Waals surface area contributed by atoms with Gasteiger partial charge in [0.1, 0.15) is 12.0 Å². The first-order chi connectivity index (χ1) is 15.7. The number of hydrogen-bond acceptors (Lipinski definition) is 6. The highest BCUT2D eigenvalue weighted by Crippen LogP contribution is 2.35. The molecule has 0 radical (unpaired) electrons. The monoisotopic (exact) mass is 456 g/mol. The number of nitrogens with zero attached hydrogens (tertiary/aromatic N) is 4. The molecule has 1 aliphatic carbocycles. The lowest BCUT2D eigenvalue weighted by Gasteiger charge is -2.41. The van der Waals surface area contributed by atoms with Gasteiger partial charge in [-0.15, -0.1) is 0 Å². The Bertz CT molecular complexity index is 973. The largest absolute Gasteiger partial charge is 0.401 e. The first-order valence-corrected chi connectivity index (χ1v) is 11.6. The summed E-state index contributed by atoms with van der Waals surface area (Å²) in [4.78, 5) is 12.4. The molecular formula is C25H34F2N6. The van der Waals surface area contributed by atoms with Crippen molar-refractivity contribution in [3.05, 3.63) is 59.8 Å². The predicted molar refractivity (Wildman–Crippen MR) is 128 cm³/mol. The maximum Gasteiger partial charge on any atom is 0.207 e. The van der Waals surface area contributed by atoms with Crippen molar-refractivity contribution in [2.75, 3.05) is 36.4 Å². The molecule has 1 aromatic carbocycles. The van der Waals surface area contributed by atoms with Gasteiger partial charge in [0.2, 0.25) is 5.82 Å². The van der Waals surface area contributed by atoms with E-state index in [1.807, 2.05) is 16.7 Å². The van der Waals surface area contributed by atoms with Crippen LogP contribution in [0.5, 0.6) is 0 Å². The van der Waals surface area contributed by atoms with Crippen LogP contribution < -0.4 is 16.0 Å². The Kier molecular flexibility index (Phi) is 6.83. The average molecular weight is 457 g/mol. The minimum absolute atomic E-state index is 0.128. The van der Waals surface area contributed by atoms with Crippen LogP contribution >= 0.6 is 0 Å². The molecule has 2 atom stereocenters. The van der Waals surface area contributed by atoms with Gasteiger partial charge < -0.3 is 16.0 Å². The molecule has 2 heterocycles. The fourth-order valence-electron chi connectivity index (χ4n) is 4.58. The molecule has 33 heavy (non-hydrogen) atoms. The molecule has 1 aliphatic heterocycles. The minimum Gasteiger partial charge on any atom is -0.401 e. The molecule has 8 heteroatoms. The summed E-state index contributed by atoms with van der Waals surface area (Å²) in [5.41, 5.74) is 7.10. The standard InChI is InChI=1S/C25H34F2N6/c1-17-4-6-19(7-5-17)14-33(21-8-9-21)24-22(26)23(30-16-31-24)29-12-20-10-11-32(13-18(2)28)15-25(20,3)27/h4-7,16,20-21H,2,8-15,28H2,1,3H3,(H,29,30,31). The summed E-state index contributed by atoms with van der Waals surface area (Å²) in [7, 11) is 0. The van der Waals surface area contributed by atoms with Gasteiger partial charge in [-0.1, -0.05) is 36.4 Å². The van der Waals surface area contributed by atoms with Crippen molar-refractivity contribution in [1.82, 2.24) is 14.9 Å². The lowest BCUT2D eigenvalue weighted by molar-refractivity contribution is 0.0148. The Balaban J connectivity index is 1.44. The first kappa shape index (κ1) is 23.4. The Hall–Kier alpha value is -2.74. The van der Waals surface area contributed by atoms with E-state index in [4.69, 9.17) is 5.73 Å². The number of alkyl halides is 1. The molecule has 1 saturated carbocycles. The van der Waals surface area contributed by atoms with Gasteiger partial charge in [-0.05, 0) is 45.2 Å². The lowest BCUT2D eigenvalue weighted by atomic mass is 9.84. The van der Waals surface area contributed by atoms with Crippen molar-refractivity contribution in [2.24, 2.45) is 11.7 Å². The summed E-state index contributed by atoms with van der Waals surface area (Å²) in [6, 6.07) is 8.53. The normalized spacial score (nSPS) is 23.3. The Labute approximate surface area is 194 Å². The number of rotatable bonds is 9. The van der Waals surface area contributed by atoms with Crippen LogP contribution in [-0.2, 0) is 6.54 Å². The molecule has 2 aliphatic rings. The summed E-state index contributed by atoms with van der Waals surface area (Å²) in [5, 5.41) is 3.07. The Morgan fingerprint density at radius 1 is 1.27 bits per heavy atom. The van der Waals surface area contributed by atoms with E-state index >= 15 is 8.78 Å². The smallest absolute Gasteiger partial charge is 0.207 e. The van der Waals surface area contributed by atoms with Gasteiger partial charge in [0, 0.05) is 43.8 Å². The fraction of sp³-hybridized carbons (Fsp3) is 0.520.